The molecule has 1 atom stereocenters. The molecule has 0 amide bonds. The Morgan fingerprint density at radius 2 is 2.33 bits per heavy atom. The summed E-state index contributed by atoms with van der Waals surface area (Å²) >= 11 is 3.36. The van der Waals surface area contributed by atoms with Crippen LogP contribution in [0.25, 0.3) is 0 Å². The van der Waals surface area contributed by atoms with Gasteiger partial charge in [-0.05, 0) is 24.6 Å². The molecule has 0 saturated heterocycles. The summed E-state index contributed by atoms with van der Waals surface area (Å²) in [6.07, 6.45) is -0.227. The van der Waals surface area contributed by atoms with Gasteiger partial charge in [0.2, 0.25) is 0 Å². The van der Waals surface area contributed by atoms with E-state index in [2.05, 4.69) is 15.9 Å². The number of hydrogen-bond acceptors (Lipinski definition) is 2. The summed E-state index contributed by atoms with van der Waals surface area (Å²) in [6, 6.07) is 7.75. The number of ether oxygens (including phenoxy) is 1. The molecule has 15 heavy (non-hydrogen) atoms. The van der Waals surface area contributed by atoms with E-state index in [-0.39, 0.29) is 12.5 Å². The highest BCUT2D eigenvalue weighted by Crippen LogP contribution is 2.13. The lowest BCUT2D eigenvalue weighted by molar-refractivity contribution is -0.140. The second-order valence-electron chi connectivity index (χ2n) is 3.35. The third kappa shape index (κ3) is 4.95. The van der Waals surface area contributed by atoms with E-state index in [1.165, 1.54) is 0 Å². The van der Waals surface area contributed by atoms with E-state index in [1.54, 1.807) is 6.92 Å². The minimum atomic E-state index is -0.836. The number of hydrogen-bond donors (Lipinski definition) is 1. The van der Waals surface area contributed by atoms with Gasteiger partial charge in [-0.2, -0.15) is 0 Å². The van der Waals surface area contributed by atoms with Gasteiger partial charge in [-0.3, -0.25) is 4.79 Å². The molecule has 0 aromatic heterocycles. The first kappa shape index (κ1) is 12.2. The Labute approximate surface area is 97.2 Å². The predicted molar refractivity (Wildman–Crippen MR) is 60.6 cm³/mol. The van der Waals surface area contributed by atoms with Crippen molar-refractivity contribution in [1.29, 1.82) is 0 Å². The second-order valence-corrected chi connectivity index (χ2v) is 4.27. The molecular weight excluding hydrogens is 260 g/mol. The summed E-state index contributed by atoms with van der Waals surface area (Å²) < 4.78 is 6.39. The fourth-order valence-corrected chi connectivity index (χ4v) is 1.62. The number of carbonyl (C=O) groups is 1. The molecule has 0 bridgehead atoms. The zero-order valence-corrected chi connectivity index (χ0v) is 10.0. The van der Waals surface area contributed by atoms with Gasteiger partial charge >= 0.3 is 5.97 Å². The van der Waals surface area contributed by atoms with Gasteiger partial charge in [0.15, 0.2) is 0 Å². The Morgan fingerprint density at radius 3 is 2.93 bits per heavy atom. The Balaban J connectivity index is 2.40. The van der Waals surface area contributed by atoms with Crippen LogP contribution in [0, 0.1) is 0 Å². The fourth-order valence-electron chi connectivity index (χ4n) is 1.17. The van der Waals surface area contributed by atoms with Crippen molar-refractivity contribution in [3.05, 3.63) is 34.3 Å². The maximum absolute atomic E-state index is 10.4. The molecule has 1 aromatic carbocycles. The molecule has 82 valence electrons. The van der Waals surface area contributed by atoms with Crippen LogP contribution in [0.3, 0.4) is 0 Å². The molecule has 4 heteroatoms. The minimum Gasteiger partial charge on any atom is -0.481 e. The SMILES string of the molecule is C[C@H](CC(=O)O)OCc1cccc(Br)c1. The largest absolute Gasteiger partial charge is 0.481 e. The summed E-state index contributed by atoms with van der Waals surface area (Å²) in [5, 5.41) is 8.54. The lowest BCUT2D eigenvalue weighted by Crippen LogP contribution is -2.13. The first-order valence-electron chi connectivity index (χ1n) is 4.66. The molecule has 3 nitrogen and oxygen atoms in total. The van der Waals surface area contributed by atoms with Crippen LogP contribution < -0.4 is 0 Å². The van der Waals surface area contributed by atoms with Crippen molar-refractivity contribution in [2.75, 3.05) is 0 Å². The maximum Gasteiger partial charge on any atom is 0.305 e. The van der Waals surface area contributed by atoms with E-state index >= 15 is 0 Å². The summed E-state index contributed by atoms with van der Waals surface area (Å²) in [4.78, 5) is 10.4. The molecule has 0 spiro atoms. The van der Waals surface area contributed by atoms with Gasteiger partial charge in [-0.1, -0.05) is 28.1 Å². The molecule has 0 aliphatic heterocycles. The van der Waals surface area contributed by atoms with Crippen LogP contribution in [0.4, 0.5) is 0 Å². The average molecular weight is 273 g/mol. The van der Waals surface area contributed by atoms with Crippen LogP contribution in [0.15, 0.2) is 28.7 Å². The van der Waals surface area contributed by atoms with Crippen molar-refractivity contribution < 1.29 is 14.6 Å². The lowest BCUT2D eigenvalue weighted by atomic mass is 10.2. The smallest absolute Gasteiger partial charge is 0.305 e. The Bertz CT molecular complexity index is 338. The third-order valence-corrected chi connectivity index (χ3v) is 2.38. The number of halogens is 1. The molecule has 0 aliphatic carbocycles. The van der Waals surface area contributed by atoms with Gasteiger partial charge in [-0.15, -0.1) is 0 Å². The molecule has 0 aliphatic rings. The van der Waals surface area contributed by atoms with E-state index in [0.29, 0.717) is 6.61 Å². The van der Waals surface area contributed by atoms with Crippen molar-refractivity contribution in [1.82, 2.24) is 0 Å². The topological polar surface area (TPSA) is 46.5 Å². The molecule has 1 N–H and O–H groups in total. The van der Waals surface area contributed by atoms with Crippen molar-refractivity contribution in [3.8, 4) is 0 Å². The second kappa shape index (κ2) is 5.88. The van der Waals surface area contributed by atoms with E-state index in [0.717, 1.165) is 10.0 Å². The highest BCUT2D eigenvalue weighted by atomic mass is 79.9. The highest BCUT2D eigenvalue weighted by molar-refractivity contribution is 9.10. The van der Waals surface area contributed by atoms with Gasteiger partial charge in [-0.25, -0.2) is 0 Å². The molecule has 1 rings (SSSR count). The van der Waals surface area contributed by atoms with Crippen LogP contribution in [0.2, 0.25) is 0 Å². The van der Waals surface area contributed by atoms with Crippen molar-refractivity contribution in [3.63, 3.8) is 0 Å². The van der Waals surface area contributed by atoms with Crippen molar-refractivity contribution in [2.45, 2.75) is 26.1 Å². The molecule has 1 aromatic rings. The van der Waals surface area contributed by atoms with E-state index in [1.807, 2.05) is 24.3 Å². The van der Waals surface area contributed by atoms with Crippen LogP contribution in [-0.2, 0) is 16.1 Å². The quantitative estimate of drug-likeness (QED) is 0.897. The van der Waals surface area contributed by atoms with Gasteiger partial charge in [0.25, 0.3) is 0 Å². The first-order chi connectivity index (χ1) is 7.08. The summed E-state index contributed by atoms with van der Waals surface area (Å²) in [5.74, 6) is -0.836. The Hall–Kier alpha value is -0.870. The number of aliphatic carboxylic acids is 1. The van der Waals surface area contributed by atoms with Gasteiger partial charge in [0, 0.05) is 4.47 Å². The van der Waals surface area contributed by atoms with Crippen LogP contribution >= 0.6 is 15.9 Å². The van der Waals surface area contributed by atoms with Crippen LogP contribution in [-0.4, -0.2) is 17.2 Å². The van der Waals surface area contributed by atoms with Crippen molar-refractivity contribution >= 4 is 21.9 Å². The summed E-state index contributed by atoms with van der Waals surface area (Å²) in [7, 11) is 0. The summed E-state index contributed by atoms with van der Waals surface area (Å²) in [6.45, 7) is 2.19. The lowest BCUT2D eigenvalue weighted by Gasteiger charge is -2.10. The monoisotopic (exact) mass is 272 g/mol. The van der Waals surface area contributed by atoms with Crippen molar-refractivity contribution in [2.24, 2.45) is 0 Å². The number of carboxylic acids is 1. The van der Waals surface area contributed by atoms with Gasteiger partial charge in [0.1, 0.15) is 0 Å². The number of benzene rings is 1. The molecular formula is C11H13BrO3. The van der Waals surface area contributed by atoms with Crippen LogP contribution in [0.1, 0.15) is 18.9 Å². The maximum atomic E-state index is 10.4. The highest BCUT2D eigenvalue weighted by Gasteiger charge is 2.07. The van der Waals surface area contributed by atoms with Gasteiger partial charge in [0.05, 0.1) is 19.1 Å². The van der Waals surface area contributed by atoms with E-state index in [9.17, 15) is 4.79 Å². The fraction of sp³-hybridized carbons (Fsp3) is 0.364. The number of carboxylic acid groups (broad SMARTS) is 1. The van der Waals surface area contributed by atoms with Crippen LogP contribution in [0.5, 0.6) is 0 Å². The van der Waals surface area contributed by atoms with E-state index in [4.69, 9.17) is 9.84 Å². The molecule has 0 radical (unpaired) electrons. The molecule has 0 saturated carbocycles. The van der Waals surface area contributed by atoms with Gasteiger partial charge < -0.3 is 9.84 Å². The Morgan fingerprint density at radius 1 is 1.60 bits per heavy atom. The van der Waals surface area contributed by atoms with E-state index < -0.39 is 5.97 Å². The minimum absolute atomic E-state index is 0.0357. The third-order valence-electron chi connectivity index (χ3n) is 1.89. The average Bonchev–Trinajstić information content (AvgIpc) is 2.14. The zero-order valence-electron chi connectivity index (χ0n) is 8.44. The zero-order chi connectivity index (χ0) is 11.3. The summed E-state index contributed by atoms with van der Waals surface area (Å²) in [5.41, 5.74) is 1.03. The molecule has 0 unspecified atom stereocenters. The molecule has 0 fully saturated rings. The predicted octanol–water partition coefficient (Wildman–Crippen LogP) is 2.83. The molecule has 0 heterocycles. The Kier molecular flexibility index (Phi) is 4.78. The first-order valence-corrected chi connectivity index (χ1v) is 5.45. The normalized spacial score (nSPS) is 12.4. The number of rotatable bonds is 5. The standard InChI is InChI=1S/C11H13BrO3/c1-8(5-11(13)14)15-7-9-3-2-4-10(12)6-9/h2-4,6,8H,5,7H2,1H3,(H,13,14)/t8-/m1/s1.